The minimum Gasteiger partial charge on any atom is -0.307 e. The number of nitrogens with zero attached hydrogens (tertiary/aromatic N) is 3. The van der Waals surface area contributed by atoms with Crippen molar-refractivity contribution < 1.29 is 0 Å². The third kappa shape index (κ3) is 3.07. The van der Waals surface area contributed by atoms with E-state index < -0.39 is 0 Å². The fourth-order valence-electron chi connectivity index (χ4n) is 3.18. The molecule has 1 unspecified atom stereocenters. The van der Waals surface area contributed by atoms with Gasteiger partial charge in [-0.25, -0.2) is 0 Å². The average Bonchev–Trinajstić information content (AvgIpc) is 3.01. The molecule has 0 amide bonds. The second-order valence-electron chi connectivity index (χ2n) is 6.14. The molecule has 0 spiro atoms. The van der Waals surface area contributed by atoms with Crippen molar-refractivity contribution in [3.63, 3.8) is 0 Å². The van der Waals surface area contributed by atoms with Gasteiger partial charge in [-0.05, 0) is 48.8 Å². The number of aromatic nitrogens is 3. The highest BCUT2D eigenvalue weighted by Gasteiger charge is 2.42. The Morgan fingerprint density at radius 1 is 1.26 bits per heavy atom. The van der Waals surface area contributed by atoms with Crippen LogP contribution in [0.2, 0.25) is 0 Å². The molecule has 1 saturated carbocycles. The number of nitrogens with one attached hydrogen (secondary N) is 1. The number of para-hydroxylation sites is 1. The van der Waals surface area contributed by atoms with Gasteiger partial charge in [-0.2, -0.15) is 0 Å². The Kier molecular flexibility index (Phi) is 3.97. The van der Waals surface area contributed by atoms with Crippen molar-refractivity contribution in [3.8, 4) is 5.69 Å². The maximum Gasteiger partial charge on any atom is 0.151 e. The third-order valence-corrected chi connectivity index (χ3v) is 5.63. The van der Waals surface area contributed by atoms with Crippen LogP contribution in [0.1, 0.15) is 30.0 Å². The first-order valence-corrected chi connectivity index (χ1v) is 8.92. The van der Waals surface area contributed by atoms with Gasteiger partial charge in [-0.15, -0.1) is 21.5 Å². The molecule has 1 aliphatic rings. The Bertz CT molecular complexity index is 750. The fourth-order valence-corrected chi connectivity index (χ4v) is 4.10. The van der Waals surface area contributed by atoms with E-state index in [1.165, 1.54) is 11.3 Å². The molecule has 0 aliphatic heterocycles. The predicted octanol–water partition coefficient (Wildman–Crippen LogP) is 3.61. The molecule has 1 fully saturated rings. The minimum absolute atomic E-state index is 0.489. The van der Waals surface area contributed by atoms with Crippen LogP contribution in [-0.2, 0) is 6.54 Å². The average molecular weight is 324 g/mol. The van der Waals surface area contributed by atoms with E-state index in [0.717, 1.165) is 29.9 Å². The number of benzene rings is 1. The molecular formula is C18H20N4S. The van der Waals surface area contributed by atoms with Crippen molar-refractivity contribution in [2.24, 2.45) is 5.92 Å². The fraction of sp³-hybridized carbons (Fsp3) is 0.333. The van der Waals surface area contributed by atoms with E-state index in [1.807, 2.05) is 34.1 Å². The van der Waals surface area contributed by atoms with Gasteiger partial charge in [0.1, 0.15) is 6.33 Å². The lowest BCUT2D eigenvalue weighted by molar-refractivity contribution is 0.478. The highest BCUT2D eigenvalue weighted by Crippen LogP contribution is 2.50. The first-order chi connectivity index (χ1) is 11.3. The van der Waals surface area contributed by atoms with E-state index >= 15 is 0 Å². The van der Waals surface area contributed by atoms with Crippen molar-refractivity contribution >= 4 is 11.3 Å². The summed E-state index contributed by atoms with van der Waals surface area (Å²) in [6.45, 7) is 3.02. The standard InChI is InChI=1S/C18H20N4S/c1-13(15-10-16(15)17-8-5-9-23-17)19-11-18-21-20-12-22(18)14-6-3-2-4-7-14/h2-9,12-13,15-16,19H,10-11H2,1H3/t13?,15-,16+/m0/s1. The molecule has 0 bridgehead atoms. The zero-order valence-corrected chi connectivity index (χ0v) is 13.9. The molecule has 23 heavy (non-hydrogen) atoms. The van der Waals surface area contributed by atoms with Crippen molar-refractivity contribution in [3.05, 3.63) is 64.9 Å². The summed E-state index contributed by atoms with van der Waals surface area (Å²) in [5.41, 5.74) is 1.10. The van der Waals surface area contributed by atoms with Gasteiger partial charge in [0.05, 0.1) is 6.54 Å². The summed E-state index contributed by atoms with van der Waals surface area (Å²) in [6.07, 6.45) is 3.07. The van der Waals surface area contributed by atoms with Gasteiger partial charge < -0.3 is 5.32 Å². The molecule has 5 heteroatoms. The van der Waals surface area contributed by atoms with Crippen LogP contribution in [0.15, 0.2) is 54.2 Å². The predicted molar refractivity (Wildman–Crippen MR) is 92.8 cm³/mol. The van der Waals surface area contributed by atoms with Crippen molar-refractivity contribution in [2.75, 3.05) is 0 Å². The van der Waals surface area contributed by atoms with Gasteiger partial charge in [0.2, 0.25) is 0 Å². The third-order valence-electron chi connectivity index (χ3n) is 4.63. The minimum atomic E-state index is 0.489. The zero-order chi connectivity index (χ0) is 15.6. The molecule has 1 aromatic carbocycles. The summed E-state index contributed by atoms with van der Waals surface area (Å²) in [6, 6.07) is 15.1. The number of thiophene rings is 1. The first-order valence-electron chi connectivity index (χ1n) is 8.04. The van der Waals surface area contributed by atoms with Gasteiger partial charge in [-0.3, -0.25) is 4.57 Å². The van der Waals surface area contributed by atoms with E-state index in [-0.39, 0.29) is 0 Å². The summed E-state index contributed by atoms with van der Waals surface area (Å²) in [7, 11) is 0. The topological polar surface area (TPSA) is 42.7 Å². The van der Waals surface area contributed by atoms with Crippen LogP contribution in [0.25, 0.3) is 5.69 Å². The largest absolute Gasteiger partial charge is 0.307 e. The van der Waals surface area contributed by atoms with Crippen LogP contribution in [-0.4, -0.2) is 20.8 Å². The molecule has 0 radical (unpaired) electrons. The SMILES string of the molecule is CC(NCc1nncn1-c1ccccc1)[C@@H]1C[C@H]1c1cccs1. The molecule has 118 valence electrons. The quantitative estimate of drug-likeness (QED) is 0.753. The van der Waals surface area contributed by atoms with Gasteiger partial charge in [0.15, 0.2) is 5.82 Å². The maximum absolute atomic E-state index is 4.27. The second-order valence-corrected chi connectivity index (χ2v) is 7.12. The lowest BCUT2D eigenvalue weighted by Gasteiger charge is -2.14. The zero-order valence-electron chi connectivity index (χ0n) is 13.1. The molecule has 4 nitrogen and oxygen atoms in total. The summed E-state index contributed by atoms with van der Waals surface area (Å²) in [5.74, 6) is 2.43. The van der Waals surface area contributed by atoms with Gasteiger partial charge in [0.25, 0.3) is 0 Å². The highest BCUT2D eigenvalue weighted by molar-refractivity contribution is 7.10. The Morgan fingerprint density at radius 2 is 2.13 bits per heavy atom. The van der Waals surface area contributed by atoms with E-state index in [4.69, 9.17) is 0 Å². The van der Waals surface area contributed by atoms with Crippen LogP contribution in [0.5, 0.6) is 0 Å². The summed E-state index contributed by atoms with van der Waals surface area (Å²) in [5, 5.41) is 14.1. The maximum atomic E-state index is 4.27. The molecule has 2 aromatic heterocycles. The molecule has 4 rings (SSSR count). The smallest absolute Gasteiger partial charge is 0.151 e. The van der Waals surface area contributed by atoms with Crippen LogP contribution in [0.4, 0.5) is 0 Å². The van der Waals surface area contributed by atoms with Crippen LogP contribution in [0.3, 0.4) is 0 Å². The van der Waals surface area contributed by atoms with Crippen molar-refractivity contribution in [1.82, 2.24) is 20.1 Å². The van der Waals surface area contributed by atoms with Gasteiger partial charge in [-0.1, -0.05) is 24.3 Å². The van der Waals surface area contributed by atoms with E-state index in [0.29, 0.717) is 6.04 Å². The molecule has 1 N–H and O–H groups in total. The van der Waals surface area contributed by atoms with Crippen LogP contribution >= 0.6 is 11.3 Å². The molecule has 3 atom stereocenters. The van der Waals surface area contributed by atoms with Gasteiger partial charge >= 0.3 is 0 Å². The monoisotopic (exact) mass is 324 g/mol. The lowest BCUT2D eigenvalue weighted by Crippen LogP contribution is -2.29. The Labute approximate surface area is 140 Å². The molecule has 2 heterocycles. The van der Waals surface area contributed by atoms with E-state index in [9.17, 15) is 0 Å². The highest BCUT2D eigenvalue weighted by atomic mass is 32.1. The first kappa shape index (κ1) is 14.6. The summed E-state index contributed by atoms with van der Waals surface area (Å²) < 4.78 is 2.05. The van der Waals surface area contributed by atoms with E-state index in [2.05, 4.69) is 52.1 Å². The number of hydrogen-bond donors (Lipinski definition) is 1. The number of rotatable bonds is 6. The van der Waals surface area contributed by atoms with Crippen molar-refractivity contribution in [2.45, 2.75) is 31.8 Å². The Hall–Kier alpha value is -1.98. The van der Waals surface area contributed by atoms with E-state index in [1.54, 1.807) is 6.33 Å². The molecule has 0 saturated heterocycles. The summed E-state index contributed by atoms with van der Waals surface area (Å²) >= 11 is 1.88. The normalized spacial score (nSPS) is 21.3. The Morgan fingerprint density at radius 3 is 2.91 bits per heavy atom. The Balaban J connectivity index is 1.38. The molecule has 1 aliphatic carbocycles. The van der Waals surface area contributed by atoms with Crippen LogP contribution < -0.4 is 5.32 Å². The lowest BCUT2D eigenvalue weighted by atomic mass is 10.1. The van der Waals surface area contributed by atoms with Crippen LogP contribution in [0, 0.1) is 5.92 Å². The van der Waals surface area contributed by atoms with Gasteiger partial charge in [0, 0.05) is 16.6 Å². The molecule has 3 aromatic rings. The number of hydrogen-bond acceptors (Lipinski definition) is 4. The van der Waals surface area contributed by atoms with Crippen molar-refractivity contribution in [1.29, 1.82) is 0 Å². The second kappa shape index (κ2) is 6.26. The molecular weight excluding hydrogens is 304 g/mol. The summed E-state index contributed by atoms with van der Waals surface area (Å²) in [4.78, 5) is 1.52.